The number of hydrogen-bond acceptors (Lipinski definition) is 6. The molecule has 1 fully saturated rings. The van der Waals surface area contributed by atoms with Crippen molar-refractivity contribution in [2.45, 2.75) is 26.1 Å². The lowest BCUT2D eigenvalue weighted by Gasteiger charge is -2.36. The van der Waals surface area contributed by atoms with Gasteiger partial charge in [0.15, 0.2) is 5.78 Å². The van der Waals surface area contributed by atoms with Gasteiger partial charge >= 0.3 is 6.18 Å². The highest BCUT2D eigenvalue weighted by atomic mass is 19.4. The maximum atomic E-state index is 14.4. The van der Waals surface area contributed by atoms with E-state index in [0.29, 0.717) is 44.0 Å². The van der Waals surface area contributed by atoms with Crippen molar-refractivity contribution >= 4 is 23.0 Å². The molecular formula is C23H23F4N5O2. The lowest BCUT2D eigenvalue weighted by molar-refractivity contribution is -0.128. The number of Topliss-reactive ketones (excluding diaryl/α,β-unsaturated/α-hetero) is 1. The van der Waals surface area contributed by atoms with Crippen LogP contribution in [-0.2, 0) is 17.8 Å². The van der Waals surface area contributed by atoms with Gasteiger partial charge in [-0.1, -0.05) is 6.07 Å². The number of allylic oxidation sites excluding steroid dienone is 2. The van der Waals surface area contributed by atoms with Gasteiger partial charge in [-0.15, -0.1) is 0 Å². The third kappa shape index (κ3) is 4.65. The predicted molar refractivity (Wildman–Crippen MR) is 117 cm³/mol. The molecule has 2 aromatic heterocycles. The second-order valence-corrected chi connectivity index (χ2v) is 8.30. The number of pyridine rings is 2. The molecule has 34 heavy (non-hydrogen) atoms. The summed E-state index contributed by atoms with van der Waals surface area (Å²) < 4.78 is 54.1. The van der Waals surface area contributed by atoms with Gasteiger partial charge in [-0.2, -0.15) is 17.6 Å². The van der Waals surface area contributed by atoms with Gasteiger partial charge in [0.25, 0.3) is 5.91 Å². The van der Waals surface area contributed by atoms with Gasteiger partial charge in [0.1, 0.15) is 11.3 Å². The normalized spacial score (nSPS) is 17.1. The summed E-state index contributed by atoms with van der Waals surface area (Å²) in [6.45, 7) is 4.08. The maximum Gasteiger partial charge on any atom is 0.420 e. The fourth-order valence-electron chi connectivity index (χ4n) is 4.40. The van der Waals surface area contributed by atoms with Crippen molar-refractivity contribution in [3.05, 3.63) is 58.4 Å². The zero-order valence-corrected chi connectivity index (χ0v) is 18.7. The highest BCUT2D eigenvalue weighted by Gasteiger charge is 2.42. The van der Waals surface area contributed by atoms with E-state index < -0.39 is 29.4 Å². The van der Waals surface area contributed by atoms with E-state index in [0.717, 1.165) is 5.56 Å². The van der Waals surface area contributed by atoms with Gasteiger partial charge in [0, 0.05) is 52.4 Å². The van der Waals surface area contributed by atoms with Crippen LogP contribution in [0.15, 0.2) is 30.0 Å². The van der Waals surface area contributed by atoms with E-state index in [1.54, 1.807) is 12.3 Å². The van der Waals surface area contributed by atoms with Crippen molar-refractivity contribution in [2.75, 3.05) is 38.1 Å². The molecule has 2 aromatic rings. The molecule has 2 aliphatic rings. The largest absolute Gasteiger partial charge is 0.420 e. The Labute approximate surface area is 193 Å². The fourth-order valence-corrected chi connectivity index (χ4v) is 4.40. The van der Waals surface area contributed by atoms with Crippen molar-refractivity contribution in [3.63, 3.8) is 0 Å². The zero-order valence-electron chi connectivity index (χ0n) is 18.7. The number of rotatable bonds is 4. The number of carbonyl (C=O) groups excluding carboxylic acids is 2. The second-order valence-electron chi connectivity index (χ2n) is 8.30. The van der Waals surface area contributed by atoms with Crippen molar-refractivity contribution < 1.29 is 27.2 Å². The first-order valence-corrected chi connectivity index (χ1v) is 10.7. The summed E-state index contributed by atoms with van der Waals surface area (Å²) in [6, 6.07) is 4.76. The highest BCUT2D eigenvalue weighted by molar-refractivity contribution is 6.07. The van der Waals surface area contributed by atoms with Crippen molar-refractivity contribution in [3.8, 4) is 0 Å². The van der Waals surface area contributed by atoms with Gasteiger partial charge in [0.05, 0.1) is 11.4 Å². The van der Waals surface area contributed by atoms with Crippen LogP contribution in [0.5, 0.6) is 0 Å². The summed E-state index contributed by atoms with van der Waals surface area (Å²) in [5.41, 5.74) is 0.571. The van der Waals surface area contributed by atoms with Crippen LogP contribution in [0.3, 0.4) is 0 Å². The SMILES string of the molecule is CNC(=O)c1ccc(N2CCN(Cc3cnc4c(c3)CC(=O)C(C(F)(F)F)=C4C)CC2)c(F)n1. The number of hydrogen-bond donors (Lipinski definition) is 1. The van der Waals surface area contributed by atoms with Crippen molar-refractivity contribution in [1.82, 2.24) is 20.2 Å². The number of halogens is 4. The standard InChI is InChI=1S/C23H23F4N5O2/c1-13-19(23(25,26)27)18(33)10-15-9-14(11-29-20(13)15)12-31-5-7-32(8-6-31)17-4-3-16(22(34)28-2)30-21(17)24/h3-4,9,11H,5-8,10,12H2,1-2H3,(H,28,34). The molecule has 1 aliphatic carbocycles. The molecular weight excluding hydrogens is 454 g/mol. The minimum Gasteiger partial charge on any atom is -0.365 e. The van der Waals surface area contributed by atoms with E-state index in [4.69, 9.17) is 0 Å². The Morgan fingerprint density at radius 2 is 1.88 bits per heavy atom. The summed E-state index contributed by atoms with van der Waals surface area (Å²) in [4.78, 5) is 35.7. The van der Waals surface area contributed by atoms with Gasteiger partial charge in [-0.25, -0.2) is 4.98 Å². The van der Waals surface area contributed by atoms with E-state index in [9.17, 15) is 27.2 Å². The van der Waals surface area contributed by atoms with E-state index in [-0.39, 0.29) is 23.4 Å². The first-order valence-electron chi connectivity index (χ1n) is 10.7. The van der Waals surface area contributed by atoms with Crippen LogP contribution in [0.4, 0.5) is 23.2 Å². The number of ketones is 1. The molecule has 0 spiro atoms. The van der Waals surface area contributed by atoms with Crippen LogP contribution in [-0.4, -0.2) is 66.0 Å². The fraction of sp³-hybridized carbons (Fsp3) is 0.391. The minimum absolute atomic E-state index is 0.00760. The summed E-state index contributed by atoms with van der Waals surface area (Å²) in [6.07, 6.45) is -3.48. The molecule has 7 nitrogen and oxygen atoms in total. The lowest BCUT2D eigenvalue weighted by atomic mass is 9.88. The number of nitrogens with one attached hydrogen (secondary N) is 1. The smallest absolute Gasteiger partial charge is 0.365 e. The third-order valence-corrected chi connectivity index (χ3v) is 6.07. The Bertz CT molecular complexity index is 1170. The molecule has 1 N–H and O–H groups in total. The van der Waals surface area contributed by atoms with Gasteiger partial charge in [-0.05, 0) is 35.8 Å². The summed E-state index contributed by atoms with van der Waals surface area (Å²) >= 11 is 0. The van der Waals surface area contributed by atoms with Crippen LogP contribution < -0.4 is 10.2 Å². The van der Waals surface area contributed by atoms with E-state index >= 15 is 0 Å². The molecule has 1 amide bonds. The first-order chi connectivity index (χ1) is 16.1. The molecule has 0 saturated carbocycles. The zero-order chi connectivity index (χ0) is 24.6. The van der Waals surface area contributed by atoms with E-state index in [1.165, 1.54) is 26.1 Å². The topological polar surface area (TPSA) is 78.4 Å². The quantitative estimate of drug-likeness (QED) is 0.539. The Kier molecular flexibility index (Phi) is 6.39. The Balaban J connectivity index is 1.42. The number of aromatic nitrogens is 2. The Hall–Kier alpha value is -3.34. The molecule has 180 valence electrons. The lowest BCUT2D eigenvalue weighted by Crippen LogP contribution is -2.46. The molecule has 0 bridgehead atoms. The third-order valence-electron chi connectivity index (χ3n) is 6.07. The van der Waals surface area contributed by atoms with Crippen LogP contribution in [0, 0.1) is 5.95 Å². The first kappa shape index (κ1) is 23.8. The van der Waals surface area contributed by atoms with Crippen molar-refractivity contribution in [2.24, 2.45) is 0 Å². The number of fused-ring (bicyclic) bond motifs is 1. The number of nitrogens with zero attached hydrogens (tertiary/aromatic N) is 4. The summed E-state index contributed by atoms with van der Waals surface area (Å²) in [5.74, 6) is -2.11. The predicted octanol–water partition coefficient (Wildman–Crippen LogP) is 2.76. The number of alkyl halides is 3. The Morgan fingerprint density at radius 3 is 2.50 bits per heavy atom. The van der Waals surface area contributed by atoms with Crippen LogP contribution in [0.25, 0.3) is 5.57 Å². The van der Waals surface area contributed by atoms with Gasteiger partial charge in [-0.3, -0.25) is 19.5 Å². The molecule has 0 unspecified atom stereocenters. The van der Waals surface area contributed by atoms with Crippen LogP contribution in [0.1, 0.15) is 34.2 Å². The number of amides is 1. The Morgan fingerprint density at radius 1 is 1.18 bits per heavy atom. The maximum absolute atomic E-state index is 14.4. The molecule has 3 heterocycles. The molecule has 0 aromatic carbocycles. The minimum atomic E-state index is -4.70. The average molecular weight is 477 g/mol. The van der Waals surface area contributed by atoms with Crippen LogP contribution >= 0.6 is 0 Å². The average Bonchev–Trinajstić information content (AvgIpc) is 2.78. The van der Waals surface area contributed by atoms with E-state index in [1.807, 2.05) is 4.90 Å². The van der Waals surface area contributed by atoms with E-state index in [2.05, 4.69) is 20.2 Å². The van der Waals surface area contributed by atoms with Gasteiger partial charge in [0.2, 0.25) is 5.95 Å². The molecule has 11 heteroatoms. The summed E-state index contributed by atoms with van der Waals surface area (Å²) in [7, 11) is 1.45. The molecule has 1 aliphatic heterocycles. The molecule has 0 atom stereocenters. The second kappa shape index (κ2) is 9.13. The number of anilines is 1. The molecule has 0 radical (unpaired) electrons. The van der Waals surface area contributed by atoms with Crippen LogP contribution in [0.2, 0.25) is 0 Å². The molecule has 4 rings (SSSR count). The van der Waals surface area contributed by atoms with Crippen molar-refractivity contribution in [1.29, 1.82) is 0 Å². The molecule has 1 saturated heterocycles. The van der Waals surface area contributed by atoms with Gasteiger partial charge < -0.3 is 10.2 Å². The monoisotopic (exact) mass is 477 g/mol. The summed E-state index contributed by atoms with van der Waals surface area (Å²) in [5, 5.41) is 2.40. The highest BCUT2D eigenvalue weighted by Crippen LogP contribution is 2.37. The number of piperazine rings is 1. The number of carbonyl (C=O) groups is 2.